The molecule has 0 aromatic heterocycles. The Morgan fingerprint density at radius 1 is 1.44 bits per heavy atom. The maximum absolute atomic E-state index is 11.7. The zero-order valence-corrected chi connectivity index (χ0v) is 9.44. The Labute approximate surface area is 95.5 Å². The number of aliphatic hydroxyl groups excluding tert-OH is 1. The van der Waals surface area contributed by atoms with Crippen LogP contribution in [0.5, 0.6) is 0 Å². The van der Waals surface area contributed by atoms with Gasteiger partial charge in [0, 0.05) is 12.1 Å². The van der Waals surface area contributed by atoms with Gasteiger partial charge in [0.15, 0.2) is 0 Å². The van der Waals surface area contributed by atoms with Crippen molar-refractivity contribution in [2.45, 2.75) is 25.9 Å². The van der Waals surface area contributed by atoms with Crippen molar-refractivity contribution in [1.29, 1.82) is 0 Å². The van der Waals surface area contributed by atoms with Gasteiger partial charge in [-0.3, -0.25) is 4.79 Å². The molecule has 3 nitrogen and oxygen atoms in total. The number of benzene rings is 1. The van der Waals surface area contributed by atoms with E-state index in [2.05, 4.69) is 5.32 Å². The first-order valence-electron chi connectivity index (χ1n) is 5.70. The van der Waals surface area contributed by atoms with Crippen LogP contribution in [0.15, 0.2) is 24.3 Å². The van der Waals surface area contributed by atoms with Crippen LogP contribution in [0.1, 0.15) is 28.8 Å². The molecule has 1 saturated carbocycles. The Balaban J connectivity index is 1.85. The van der Waals surface area contributed by atoms with Crippen LogP contribution in [0.2, 0.25) is 0 Å². The Hall–Kier alpha value is -1.35. The number of carbonyl (C=O) groups excluding carboxylic acids is 1. The SMILES string of the molecule is Cc1ccc(C(=O)NCC(O)C2CC2)cc1. The molecular formula is C13H17NO2. The van der Waals surface area contributed by atoms with Crippen LogP contribution < -0.4 is 5.32 Å². The van der Waals surface area contributed by atoms with Gasteiger partial charge in [0.1, 0.15) is 0 Å². The predicted molar refractivity (Wildman–Crippen MR) is 62.2 cm³/mol. The van der Waals surface area contributed by atoms with Crippen LogP contribution in [0.4, 0.5) is 0 Å². The second-order valence-electron chi connectivity index (χ2n) is 4.48. The Morgan fingerprint density at radius 2 is 2.06 bits per heavy atom. The molecule has 2 rings (SSSR count). The minimum absolute atomic E-state index is 0.111. The number of hydrogen-bond acceptors (Lipinski definition) is 2. The Kier molecular flexibility index (Phi) is 3.25. The summed E-state index contributed by atoms with van der Waals surface area (Å²) in [4.78, 5) is 11.7. The summed E-state index contributed by atoms with van der Waals surface area (Å²) in [5.74, 6) is 0.290. The molecule has 0 aliphatic heterocycles. The van der Waals surface area contributed by atoms with Gasteiger partial charge in [-0.15, -0.1) is 0 Å². The molecule has 3 heteroatoms. The molecule has 86 valence electrons. The molecule has 1 amide bonds. The van der Waals surface area contributed by atoms with E-state index in [-0.39, 0.29) is 12.0 Å². The summed E-state index contributed by atoms with van der Waals surface area (Å²) >= 11 is 0. The summed E-state index contributed by atoms with van der Waals surface area (Å²) < 4.78 is 0. The fourth-order valence-corrected chi connectivity index (χ4v) is 1.65. The average molecular weight is 219 g/mol. The lowest BCUT2D eigenvalue weighted by Crippen LogP contribution is -2.33. The molecule has 2 N–H and O–H groups in total. The van der Waals surface area contributed by atoms with Crippen LogP contribution in [0.25, 0.3) is 0 Å². The summed E-state index contributed by atoms with van der Waals surface area (Å²) in [6.45, 7) is 2.34. The summed E-state index contributed by atoms with van der Waals surface area (Å²) in [6.07, 6.45) is 1.79. The molecule has 0 radical (unpaired) electrons. The van der Waals surface area contributed by atoms with E-state index < -0.39 is 0 Å². The third-order valence-corrected chi connectivity index (χ3v) is 2.95. The third-order valence-electron chi connectivity index (χ3n) is 2.95. The van der Waals surface area contributed by atoms with Crippen molar-refractivity contribution in [2.24, 2.45) is 5.92 Å². The van der Waals surface area contributed by atoms with E-state index in [0.29, 0.717) is 18.0 Å². The van der Waals surface area contributed by atoms with Gasteiger partial charge >= 0.3 is 0 Å². The lowest BCUT2D eigenvalue weighted by molar-refractivity contribution is 0.0901. The van der Waals surface area contributed by atoms with Gasteiger partial charge in [-0.1, -0.05) is 17.7 Å². The standard InChI is InChI=1S/C13H17NO2/c1-9-2-4-11(5-3-9)13(16)14-8-12(15)10-6-7-10/h2-5,10,12,15H,6-8H2,1H3,(H,14,16). The van der Waals surface area contributed by atoms with Crippen molar-refractivity contribution in [3.63, 3.8) is 0 Å². The van der Waals surface area contributed by atoms with Crippen LogP contribution in [-0.4, -0.2) is 23.7 Å². The van der Waals surface area contributed by atoms with Crippen molar-refractivity contribution in [1.82, 2.24) is 5.32 Å². The molecule has 1 atom stereocenters. The minimum Gasteiger partial charge on any atom is -0.391 e. The summed E-state index contributed by atoms with van der Waals surface area (Å²) in [7, 11) is 0. The van der Waals surface area contributed by atoms with E-state index in [1.54, 1.807) is 12.1 Å². The number of nitrogens with one attached hydrogen (secondary N) is 1. The van der Waals surface area contributed by atoms with Crippen LogP contribution in [-0.2, 0) is 0 Å². The number of hydrogen-bond donors (Lipinski definition) is 2. The van der Waals surface area contributed by atoms with Crippen LogP contribution in [0.3, 0.4) is 0 Å². The molecule has 16 heavy (non-hydrogen) atoms. The summed E-state index contributed by atoms with van der Waals surface area (Å²) in [5, 5.41) is 12.4. The monoisotopic (exact) mass is 219 g/mol. The van der Waals surface area contributed by atoms with Gasteiger partial charge in [0.25, 0.3) is 5.91 Å². The summed E-state index contributed by atoms with van der Waals surface area (Å²) in [6, 6.07) is 7.42. The van der Waals surface area contributed by atoms with Crippen molar-refractivity contribution in [3.05, 3.63) is 35.4 Å². The molecule has 0 spiro atoms. The van der Waals surface area contributed by atoms with Crippen molar-refractivity contribution >= 4 is 5.91 Å². The summed E-state index contributed by atoms with van der Waals surface area (Å²) in [5.41, 5.74) is 1.78. The molecular weight excluding hydrogens is 202 g/mol. The van der Waals surface area contributed by atoms with Crippen molar-refractivity contribution in [3.8, 4) is 0 Å². The predicted octanol–water partition coefficient (Wildman–Crippen LogP) is 1.50. The molecule has 0 bridgehead atoms. The molecule has 1 aromatic rings. The van der Waals surface area contributed by atoms with Crippen LogP contribution in [0, 0.1) is 12.8 Å². The maximum Gasteiger partial charge on any atom is 0.251 e. The zero-order chi connectivity index (χ0) is 11.5. The first-order chi connectivity index (χ1) is 7.66. The quantitative estimate of drug-likeness (QED) is 0.806. The smallest absolute Gasteiger partial charge is 0.251 e. The average Bonchev–Trinajstić information content (AvgIpc) is 3.10. The van der Waals surface area contributed by atoms with E-state index in [1.807, 2.05) is 19.1 Å². The number of amides is 1. The van der Waals surface area contributed by atoms with Crippen molar-refractivity contribution in [2.75, 3.05) is 6.54 Å². The largest absolute Gasteiger partial charge is 0.391 e. The highest BCUT2D eigenvalue weighted by Crippen LogP contribution is 2.32. The Bertz CT molecular complexity index is 368. The first-order valence-corrected chi connectivity index (χ1v) is 5.70. The lowest BCUT2D eigenvalue weighted by Gasteiger charge is -2.10. The number of rotatable bonds is 4. The van der Waals surface area contributed by atoms with Crippen molar-refractivity contribution < 1.29 is 9.90 Å². The Morgan fingerprint density at radius 3 is 2.62 bits per heavy atom. The van der Waals surface area contributed by atoms with E-state index in [9.17, 15) is 9.90 Å². The number of carbonyl (C=O) groups is 1. The van der Waals surface area contributed by atoms with E-state index in [0.717, 1.165) is 18.4 Å². The zero-order valence-electron chi connectivity index (χ0n) is 9.44. The van der Waals surface area contributed by atoms with E-state index in [1.165, 1.54) is 0 Å². The maximum atomic E-state index is 11.7. The number of aryl methyl sites for hydroxylation is 1. The highest BCUT2D eigenvalue weighted by atomic mass is 16.3. The van der Waals surface area contributed by atoms with Gasteiger partial charge in [-0.25, -0.2) is 0 Å². The van der Waals surface area contributed by atoms with E-state index >= 15 is 0 Å². The first kappa shape index (κ1) is 11.1. The normalized spacial score (nSPS) is 16.9. The van der Waals surface area contributed by atoms with E-state index in [4.69, 9.17) is 0 Å². The number of aliphatic hydroxyl groups is 1. The fraction of sp³-hybridized carbons (Fsp3) is 0.462. The molecule has 0 heterocycles. The highest BCUT2D eigenvalue weighted by Gasteiger charge is 2.29. The van der Waals surface area contributed by atoms with Gasteiger partial charge in [0.2, 0.25) is 0 Å². The molecule has 1 fully saturated rings. The van der Waals surface area contributed by atoms with Gasteiger partial charge in [0.05, 0.1) is 6.10 Å². The molecule has 1 aliphatic rings. The van der Waals surface area contributed by atoms with Crippen LogP contribution >= 0.6 is 0 Å². The second-order valence-corrected chi connectivity index (χ2v) is 4.48. The minimum atomic E-state index is -0.380. The lowest BCUT2D eigenvalue weighted by atomic mass is 10.1. The van der Waals surface area contributed by atoms with Gasteiger partial charge in [-0.05, 0) is 37.8 Å². The van der Waals surface area contributed by atoms with Gasteiger partial charge in [-0.2, -0.15) is 0 Å². The second kappa shape index (κ2) is 4.66. The fourth-order valence-electron chi connectivity index (χ4n) is 1.65. The third kappa shape index (κ3) is 2.83. The van der Waals surface area contributed by atoms with Gasteiger partial charge < -0.3 is 10.4 Å². The molecule has 1 aliphatic carbocycles. The molecule has 0 saturated heterocycles. The highest BCUT2D eigenvalue weighted by molar-refractivity contribution is 5.94. The molecule has 1 aromatic carbocycles. The molecule has 1 unspecified atom stereocenters. The topological polar surface area (TPSA) is 49.3 Å².